The first-order valence-electron chi connectivity index (χ1n) is 8.52. The molecule has 1 N–H and O–H groups in total. The predicted molar refractivity (Wildman–Crippen MR) is 85.7 cm³/mol. The van der Waals surface area contributed by atoms with E-state index in [1.165, 1.54) is 6.07 Å². The summed E-state index contributed by atoms with van der Waals surface area (Å²) in [5.41, 5.74) is 0.292. The Balaban J connectivity index is 1.33. The molecule has 2 heterocycles. The number of carbonyl (C=O) groups is 1. The van der Waals surface area contributed by atoms with Crippen LogP contribution in [0.25, 0.3) is 0 Å². The molecule has 0 aromatic carbocycles. The van der Waals surface area contributed by atoms with E-state index < -0.39 is 0 Å². The maximum Gasteiger partial charge on any atom is 0.273 e. The molecule has 24 heavy (non-hydrogen) atoms. The molecule has 0 atom stereocenters. The highest BCUT2D eigenvalue weighted by atomic mass is 16.5. The number of nitrogens with one attached hydrogen (secondary N) is 1. The van der Waals surface area contributed by atoms with Crippen molar-refractivity contribution in [2.75, 3.05) is 0 Å². The van der Waals surface area contributed by atoms with Gasteiger partial charge in [0, 0.05) is 30.3 Å². The quantitative estimate of drug-likeness (QED) is 0.927. The van der Waals surface area contributed by atoms with E-state index in [-0.39, 0.29) is 23.6 Å². The molecule has 0 aliphatic heterocycles. The first kappa shape index (κ1) is 15.1. The lowest BCUT2D eigenvalue weighted by molar-refractivity contribution is 0.0912. The summed E-state index contributed by atoms with van der Waals surface area (Å²) in [4.78, 5) is 24.1. The molecule has 0 radical (unpaired) electrons. The molecule has 0 saturated heterocycles. The molecule has 7 heteroatoms. The molecule has 0 bridgehead atoms. The van der Waals surface area contributed by atoms with Gasteiger partial charge in [-0.25, -0.2) is 4.68 Å². The second-order valence-electron chi connectivity index (χ2n) is 6.67. The van der Waals surface area contributed by atoms with Crippen LogP contribution in [0.3, 0.4) is 0 Å². The van der Waals surface area contributed by atoms with Crippen molar-refractivity contribution >= 4 is 5.91 Å². The zero-order valence-electron chi connectivity index (χ0n) is 13.4. The SMILES string of the molecule is O=C(NC1CCC(n2ncccc2=O)CC1)c1cc(C2CC2)on1. The number of carbonyl (C=O) groups excluding carboxylic acids is 1. The van der Waals surface area contributed by atoms with Crippen LogP contribution in [0.5, 0.6) is 0 Å². The Morgan fingerprint density at radius 2 is 2.00 bits per heavy atom. The second kappa shape index (κ2) is 6.22. The third-order valence-corrected chi connectivity index (χ3v) is 4.86. The number of nitrogens with zero attached hydrogens (tertiary/aromatic N) is 3. The van der Waals surface area contributed by atoms with Gasteiger partial charge in [0.15, 0.2) is 5.69 Å². The second-order valence-corrected chi connectivity index (χ2v) is 6.67. The lowest BCUT2D eigenvalue weighted by Gasteiger charge is -2.29. The molecule has 2 aromatic rings. The summed E-state index contributed by atoms with van der Waals surface area (Å²) in [6, 6.07) is 5.16. The number of rotatable bonds is 4. The van der Waals surface area contributed by atoms with E-state index >= 15 is 0 Å². The molecule has 0 unspecified atom stereocenters. The van der Waals surface area contributed by atoms with Gasteiger partial charge in [-0.15, -0.1) is 0 Å². The van der Waals surface area contributed by atoms with Crippen molar-refractivity contribution in [3.8, 4) is 0 Å². The molecule has 2 aliphatic rings. The van der Waals surface area contributed by atoms with Crippen molar-refractivity contribution in [1.29, 1.82) is 0 Å². The molecule has 2 fully saturated rings. The summed E-state index contributed by atoms with van der Waals surface area (Å²) in [7, 11) is 0. The highest BCUT2D eigenvalue weighted by molar-refractivity contribution is 5.92. The van der Waals surface area contributed by atoms with Gasteiger partial charge in [0.25, 0.3) is 11.5 Å². The molecule has 2 aromatic heterocycles. The Labute approximate surface area is 139 Å². The zero-order chi connectivity index (χ0) is 16.5. The average molecular weight is 328 g/mol. The van der Waals surface area contributed by atoms with Gasteiger partial charge in [-0.1, -0.05) is 5.16 Å². The highest BCUT2D eigenvalue weighted by Gasteiger charge is 2.30. The van der Waals surface area contributed by atoms with E-state index in [4.69, 9.17) is 4.52 Å². The van der Waals surface area contributed by atoms with Gasteiger partial charge in [-0.2, -0.15) is 5.10 Å². The fraction of sp³-hybridized carbons (Fsp3) is 0.529. The van der Waals surface area contributed by atoms with Crippen molar-refractivity contribution in [3.63, 3.8) is 0 Å². The van der Waals surface area contributed by atoms with Crippen molar-refractivity contribution in [1.82, 2.24) is 20.3 Å². The normalized spacial score (nSPS) is 23.8. The third kappa shape index (κ3) is 3.11. The largest absolute Gasteiger partial charge is 0.360 e. The van der Waals surface area contributed by atoms with Crippen LogP contribution in [-0.4, -0.2) is 26.9 Å². The van der Waals surface area contributed by atoms with Crippen LogP contribution >= 0.6 is 0 Å². The van der Waals surface area contributed by atoms with Crippen LogP contribution in [0, 0.1) is 0 Å². The van der Waals surface area contributed by atoms with Crippen molar-refractivity contribution < 1.29 is 9.32 Å². The smallest absolute Gasteiger partial charge is 0.273 e. The number of hydrogen-bond donors (Lipinski definition) is 1. The van der Waals surface area contributed by atoms with Gasteiger partial charge in [-0.3, -0.25) is 9.59 Å². The molecule has 1 amide bonds. The van der Waals surface area contributed by atoms with E-state index in [1.54, 1.807) is 23.0 Å². The van der Waals surface area contributed by atoms with Crippen molar-refractivity contribution in [3.05, 3.63) is 46.2 Å². The van der Waals surface area contributed by atoms with Gasteiger partial charge in [0.1, 0.15) is 5.76 Å². The molecule has 2 aliphatic carbocycles. The van der Waals surface area contributed by atoms with Crippen LogP contribution in [0.2, 0.25) is 0 Å². The van der Waals surface area contributed by atoms with E-state index in [2.05, 4.69) is 15.6 Å². The minimum atomic E-state index is -0.177. The Morgan fingerprint density at radius 1 is 1.21 bits per heavy atom. The van der Waals surface area contributed by atoms with Crippen LogP contribution < -0.4 is 10.9 Å². The Kier molecular flexibility index (Phi) is 3.92. The molecular weight excluding hydrogens is 308 g/mol. The van der Waals surface area contributed by atoms with E-state index in [9.17, 15) is 9.59 Å². The van der Waals surface area contributed by atoms with Gasteiger partial charge in [0.2, 0.25) is 0 Å². The maximum absolute atomic E-state index is 12.3. The first-order valence-corrected chi connectivity index (χ1v) is 8.52. The Hall–Kier alpha value is -2.44. The maximum atomic E-state index is 12.3. The van der Waals surface area contributed by atoms with Gasteiger partial charge in [-0.05, 0) is 44.6 Å². The lowest BCUT2D eigenvalue weighted by Crippen LogP contribution is -2.39. The summed E-state index contributed by atoms with van der Waals surface area (Å²) in [6.45, 7) is 0. The summed E-state index contributed by atoms with van der Waals surface area (Å²) < 4.78 is 6.78. The summed E-state index contributed by atoms with van der Waals surface area (Å²) in [6.07, 6.45) is 7.18. The topological polar surface area (TPSA) is 90.0 Å². The van der Waals surface area contributed by atoms with Crippen molar-refractivity contribution in [2.24, 2.45) is 0 Å². The van der Waals surface area contributed by atoms with Crippen LogP contribution in [0.15, 0.2) is 33.7 Å². The predicted octanol–water partition coefficient (Wildman–Crippen LogP) is 2.02. The summed E-state index contributed by atoms with van der Waals surface area (Å²) >= 11 is 0. The minimum absolute atomic E-state index is 0.0693. The first-order chi connectivity index (χ1) is 11.7. The number of hydrogen-bond acceptors (Lipinski definition) is 5. The van der Waals surface area contributed by atoms with Gasteiger partial charge < -0.3 is 9.84 Å². The van der Waals surface area contributed by atoms with Crippen molar-refractivity contribution in [2.45, 2.75) is 56.5 Å². The van der Waals surface area contributed by atoms with Gasteiger partial charge >= 0.3 is 0 Å². The van der Waals surface area contributed by atoms with E-state index in [0.29, 0.717) is 11.6 Å². The number of amides is 1. The molecule has 7 nitrogen and oxygen atoms in total. The lowest BCUT2D eigenvalue weighted by atomic mass is 9.91. The number of aromatic nitrogens is 3. The Bertz CT molecular complexity index is 785. The molecule has 2 saturated carbocycles. The highest BCUT2D eigenvalue weighted by Crippen LogP contribution is 2.40. The fourth-order valence-corrected chi connectivity index (χ4v) is 3.32. The molecule has 4 rings (SSSR count). The van der Waals surface area contributed by atoms with Crippen LogP contribution in [0.1, 0.15) is 66.7 Å². The third-order valence-electron chi connectivity index (χ3n) is 4.86. The minimum Gasteiger partial charge on any atom is -0.360 e. The van der Waals surface area contributed by atoms with Crippen LogP contribution in [-0.2, 0) is 0 Å². The molecular formula is C17H20N4O3. The zero-order valence-corrected chi connectivity index (χ0v) is 13.4. The fourth-order valence-electron chi connectivity index (χ4n) is 3.32. The summed E-state index contributed by atoms with van der Waals surface area (Å²) in [5, 5.41) is 11.1. The van der Waals surface area contributed by atoms with Crippen LogP contribution in [0.4, 0.5) is 0 Å². The monoisotopic (exact) mass is 328 g/mol. The van der Waals surface area contributed by atoms with Gasteiger partial charge in [0.05, 0.1) is 6.04 Å². The van der Waals surface area contributed by atoms with E-state index in [1.807, 2.05) is 0 Å². The molecule has 126 valence electrons. The Morgan fingerprint density at radius 3 is 2.71 bits per heavy atom. The molecule has 0 spiro atoms. The average Bonchev–Trinajstić information content (AvgIpc) is 3.33. The van der Waals surface area contributed by atoms with E-state index in [0.717, 1.165) is 44.3 Å². The summed E-state index contributed by atoms with van der Waals surface area (Å²) in [5.74, 6) is 1.09. The standard InChI is InChI=1S/C17H20N4O3/c22-16-2-1-9-18-21(16)13-7-5-12(6-8-13)19-17(23)14-10-15(24-20-14)11-3-4-11/h1-2,9-13H,3-8H2,(H,19,23).